The predicted octanol–water partition coefficient (Wildman–Crippen LogP) is 2.05. The lowest BCUT2D eigenvalue weighted by Gasteiger charge is -2.12. The molecule has 0 bridgehead atoms. The van der Waals surface area contributed by atoms with E-state index in [2.05, 4.69) is 15.5 Å². The van der Waals surface area contributed by atoms with Crippen LogP contribution in [0.5, 0.6) is 11.6 Å². The monoisotopic (exact) mass is 428 g/mol. The van der Waals surface area contributed by atoms with Gasteiger partial charge < -0.3 is 9.84 Å². The summed E-state index contributed by atoms with van der Waals surface area (Å²) in [6, 6.07) is 12.6. The van der Waals surface area contributed by atoms with Gasteiger partial charge >= 0.3 is 5.69 Å². The van der Waals surface area contributed by atoms with Crippen LogP contribution in [0.15, 0.2) is 63.2 Å². The van der Waals surface area contributed by atoms with Crippen molar-refractivity contribution in [1.29, 1.82) is 0 Å². The molecule has 10 heteroatoms. The number of nitrogens with one attached hydrogen (secondary N) is 2. The molecule has 0 radical (unpaired) electrons. The zero-order valence-electron chi connectivity index (χ0n) is 16.0. The fourth-order valence-electron chi connectivity index (χ4n) is 2.72. The van der Waals surface area contributed by atoms with Crippen molar-refractivity contribution in [1.82, 2.24) is 15.0 Å². The largest absolute Gasteiger partial charge is 0.497 e. The highest BCUT2D eigenvalue weighted by molar-refractivity contribution is 6.33. The summed E-state index contributed by atoms with van der Waals surface area (Å²) in [6.07, 6.45) is 0. The Hall–Kier alpha value is -3.85. The number of hydrogen-bond donors (Lipinski definition) is 3. The van der Waals surface area contributed by atoms with Gasteiger partial charge in [0.1, 0.15) is 11.3 Å². The van der Waals surface area contributed by atoms with Gasteiger partial charge in [0.2, 0.25) is 5.88 Å². The van der Waals surface area contributed by atoms with Crippen molar-refractivity contribution in [2.75, 3.05) is 7.11 Å². The second-order valence-electron chi connectivity index (χ2n) is 6.11. The molecule has 0 spiro atoms. The molecule has 0 aliphatic heterocycles. The molecule has 3 aromatic rings. The Morgan fingerprint density at radius 1 is 1.17 bits per heavy atom. The molecule has 0 saturated carbocycles. The van der Waals surface area contributed by atoms with Gasteiger partial charge in [-0.05, 0) is 43.3 Å². The third-order valence-electron chi connectivity index (χ3n) is 4.22. The summed E-state index contributed by atoms with van der Waals surface area (Å²) in [5.41, 5.74) is 0.789. The van der Waals surface area contributed by atoms with E-state index in [1.165, 1.54) is 32.2 Å². The Kier molecular flexibility index (Phi) is 6.03. The fourth-order valence-corrected chi connectivity index (χ4v) is 2.94. The molecule has 1 aromatic heterocycles. The molecule has 30 heavy (non-hydrogen) atoms. The van der Waals surface area contributed by atoms with Crippen LogP contribution in [0, 0.1) is 0 Å². The minimum Gasteiger partial charge on any atom is -0.497 e. The van der Waals surface area contributed by atoms with Gasteiger partial charge in [-0.2, -0.15) is 5.10 Å². The highest BCUT2D eigenvalue weighted by atomic mass is 35.5. The Bertz CT molecular complexity index is 1250. The summed E-state index contributed by atoms with van der Waals surface area (Å²) >= 11 is 5.98. The summed E-state index contributed by atoms with van der Waals surface area (Å²) in [5, 5.41) is 14.7. The van der Waals surface area contributed by atoms with Crippen molar-refractivity contribution in [3.63, 3.8) is 0 Å². The number of rotatable bonds is 5. The topological polar surface area (TPSA) is 126 Å². The first-order chi connectivity index (χ1) is 14.3. The van der Waals surface area contributed by atoms with E-state index >= 15 is 0 Å². The van der Waals surface area contributed by atoms with Crippen LogP contribution in [-0.4, -0.2) is 33.4 Å². The van der Waals surface area contributed by atoms with Gasteiger partial charge in [-0.1, -0.05) is 23.7 Å². The SMILES string of the molecule is COc1ccc(-n2c(O)c(/C(C)=N/NC(=O)c3ccccc3Cl)c(=O)[nH]c2=O)cc1. The first kappa shape index (κ1) is 20.9. The summed E-state index contributed by atoms with van der Waals surface area (Å²) in [6.45, 7) is 1.40. The Morgan fingerprint density at radius 3 is 2.47 bits per heavy atom. The molecular formula is C20H17ClN4O5. The van der Waals surface area contributed by atoms with Crippen molar-refractivity contribution in [3.05, 3.63) is 85.5 Å². The van der Waals surface area contributed by atoms with Crippen molar-refractivity contribution >= 4 is 23.2 Å². The van der Waals surface area contributed by atoms with Crippen molar-refractivity contribution in [2.45, 2.75) is 6.92 Å². The van der Waals surface area contributed by atoms with Crippen molar-refractivity contribution < 1.29 is 14.6 Å². The maximum Gasteiger partial charge on any atom is 0.335 e. The van der Waals surface area contributed by atoms with Crippen LogP contribution in [0.2, 0.25) is 5.02 Å². The first-order valence-electron chi connectivity index (χ1n) is 8.65. The highest BCUT2D eigenvalue weighted by Gasteiger charge is 2.18. The number of ether oxygens (including phenoxy) is 1. The summed E-state index contributed by atoms with van der Waals surface area (Å²) in [4.78, 5) is 38.9. The van der Waals surface area contributed by atoms with Gasteiger partial charge in [0.05, 0.1) is 29.1 Å². The molecule has 1 amide bonds. The molecule has 0 unspecified atom stereocenters. The van der Waals surface area contributed by atoms with Crippen LogP contribution < -0.4 is 21.4 Å². The van der Waals surface area contributed by atoms with Crippen LogP contribution >= 0.6 is 11.6 Å². The lowest BCUT2D eigenvalue weighted by molar-refractivity contribution is 0.0955. The molecule has 9 nitrogen and oxygen atoms in total. The van der Waals surface area contributed by atoms with Crippen molar-refractivity contribution in [3.8, 4) is 17.3 Å². The lowest BCUT2D eigenvalue weighted by Crippen LogP contribution is -2.33. The van der Waals surface area contributed by atoms with E-state index in [1.807, 2.05) is 0 Å². The molecule has 3 rings (SSSR count). The summed E-state index contributed by atoms with van der Waals surface area (Å²) < 4.78 is 5.98. The number of H-pyrrole nitrogens is 1. The number of methoxy groups -OCH3 is 1. The van der Waals surface area contributed by atoms with Crippen LogP contribution in [0.25, 0.3) is 5.69 Å². The van der Waals surface area contributed by atoms with Gasteiger partial charge in [-0.15, -0.1) is 0 Å². The summed E-state index contributed by atoms with van der Waals surface area (Å²) in [5.74, 6) is -0.669. The molecule has 0 fully saturated rings. The number of aromatic hydroxyl groups is 1. The van der Waals surface area contributed by atoms with E-state index < -0.39 is 23.0 Å². The molecule has 1 heterocycles. The van der Waals surface area contributed by atoms with Gasteiger partial charge in [0.25, 0.3) is 11.5 Å². The van der Waals surface area contributed by atoms with Crippen LogP contribution in [0.1, 0.15) is 22.8 Å². The number of halogens is 1. The van der Waals surface area contributed by atoms with Crippen LogP contribution in [-0.2, 0) is 0 Å². The average molecular weight is 429 g/mol. The number of aromatic nitrogens is 2. The molecule has 0 atom stereocenters. The van der Waals surface area contributed by atoms with E-state index in [1.54, 1.807) is 30.3 Å². The van der Waals surface area contributed by atoms with Crippen molar-refractivity contribution in [2.24, 2.45) is 5.10 Å². The highest BCUT2D eigenvalue weighted by Crippen LogP contribution is 2.20. The second-order valence-corrected chi connectivity index (χ2v) is 6.52. The number of hydrogen-bond acceptors (Lipinski definition) is 6. The van der Waals surface area contributed by atoms with Gasteiger partial charge in [0, 0.05) is 0 Å². The van der Waals surface area contributed by atoms with Gasteiger partial charge in [0.15, 0.2) is 0 Å². The van der Waals surface area contributed by atoms with E-state index in [9.17, 15) is 19.5 Å². The molecule has 3 N–H and O–H groups in total. The van der Waals surface area contributed by atoms with Crippen LogP contribution in [0.3, 0.4) is 0 Å². The minimum atomic E-state index is -0.851. The Morgan fingerprint density at radius 2 is 1.83 bits per heavy atom. The molecule has 2 aromatic carbocycles. The quantitative estimate of drug-likeness (QED) is 0.423. The van der Waals surface area contributed by atoms with E-state index in [-0.39, 0.29) is 21.9 Å². The molecule has 154 valence electrons. The second kappa shape index (κ2) is 8.66. The number of aromatic amines is 1. The number of hydrazone groups is 1. The number of benzene rings is 2. The third-order valence-corrected chi connectivity index (χ3v) is 4.55. The number of carbonyl (C=O) groups is 1. The standard InChI is InChI=1S/C20H17ClN4O5/c1-11(23-24-17(26)14-5-3-4-6-15(14)21)16-18(27)22-20(29)25(19(16)28)12-7-9-13(30-2)10-8-12/h3-10,28H,1-2H3,(H,24,26)(H,22,27,29)/b23-11+. The Labute approximate surface area is 175 Å². The van der Waals surface area contributed by atoms with Gasteiger partial charge in [-0.3, -0.25) is 14.6 Å². The maximum atomic E-state index is 12.3. The van der Waals surface area contributed by atoms with Crippen LogP contribution in [0.4, 0.5) is 0 Å². The zero-order chi connectivity index (χ0) is 21.8. The normalized spacial score (nSPS) is 11.2. The number of nitrogens with zero attached hydrogens (tertiary/aromatic N) is 2. The average Bonchev–Trinajstić information content (AvgIpc) is 2.72. The third kappa shape index (κ3) is 4.11. The number of amides is 1. The molecule has 0 saturated heterocycles. The van der Waals surface area contributed by atoms with E-state index in [4.69, 9.17) is 16.3 Å². The lowest BCUT2D eigenvalue weighted by atomic mass is 10.2. The van der Waals surface area contributed by atoms with E-state index in [0.717, 1.165) is 4.57 Å². The molecular weight excluding hydrogens is 412 g/mol. The molecule has 0 aliphatic rings. The first-order valence-corrected chi connectivity index (χ1v) is 9.03. The Balaban J connectivity index is 2.00. The fraction of sp³-hybridized carbons (Fsp3) is 0.100. The smallest absolute Gasteiger partial charge is 0.335 e. The minimum absolute atomic E-state index is 0.0172. The van der Waals surface area contributed by atoms with Gasteiger partial charge in [-0.25, -0.2) is 14.8 Å². The predicted molar refractivity (Wildman–Crippen MR) is 112 cm³/mol. The van der Waals surface area contributed by atoms with E-state index in [0.29, 0.717) is 11.4 Å². The summed E-state index contributed by atoms with van der Waals surface area (Å²) in [7, 11) is 1.49. The molecule has 0 aliphatic carbocycles. The number of carbonyl (C=O) groups excluding carboxylic acids is 1. The maximum absolute atomic E-state index is 12.3. The zero-order valence-corrected chi connectivity index (χ0v) is 16.7.